The maximum Gasteiger partial charge on any atom is 0.226 e. The monoisotopic (exact) mass is 662 g/mol. The fourth-order valence-electron chi connectivity index (χ4n) is 4.64. The van der Waals surface area contributed by atoms with E-state index in [1.165, 1.54) is 30.3 Å². The fraction of sp³-hybridized carbons (Fsp3) is 0. The molecule has 226 valence electrons. The number of aromatic nitrogens is 3. The van der Waals surface area contributed by atoms with Gasteiger partial charge in [0.1, 0.15) is 46.6 Å². The van der Waals surface area contributed by atoms with E-state index in [2.05, 4.69) is 34.9 Å². The van der Waals surface area contributed by atoms with E-state index in [1.54, 1.807) is 12.1 Å². The number of hydrogen-bond acceptors (Lipinski definition) is 12. The van der Waals surface area contributed by atoms with Crippen molar-refractivity contribution in [3.05, 3.63) is 114 Å². The molecule has 12 nitrogen and oxygen atoms in total. The van der Waals surface area contributed by atoms with Crippen LogP contribution in [-0.4, -0.2) is 15.0 Å². The van der Waals surface area contributed by atoms with Gasteiger partial charge in [-0.1, -0.05) is 0 Å². The molecular weight excluding hydrogens is 659 g/mol. The van der Waals surface area contributed by atoms with Gasteiger partial charge in [-0.15, -0.1) is 0 Å². The average Bonchev–Trinajstić information content (AvgIpc) is 3.72. The molecule has 4 aromatic rings. The van der Waals surface area contributed by atoms with E-state index in [-0.39, 0.29) is 72.0 Å². The van der Waals surface area contributed by atoms with Gasteiger partial charge in [0.25, 0.3) is 0 Å². The van der Waals surface area contributed by atoms with Gasteiger partial charge in [0, 0.05) is 11.1 Å². The van der Waals surface area contributed by atoms with E-state index < -0.39 is 46.0 Å². The summed E-state index contributed by atoms with van der Waals surface area (Å²) in [4.78, 5) is 28.7. The highest BCUT2D eigenvalue weighted by Gasteiger charge is 2.30. The van der Waals surface area contributed by atoms with Crippen LogP contribution in [-0.2, 0) is 0 Å². The van der Waals surface area contributed by atoms with E-state index in [4.69, 9.17) is 11.6 Å². The zero-order chi connectivity index (χ0) is 34.4. The quantitative estimate of drug-likeness (QED) is 0.138. The number of hydrogen-bond donors (Lipinski definition) is 0. The lowest BCUT2D eigenvalue weighted by molar-refractivity contribution is 0.376. The highest BCUT2D eigenvalue weighted by molar-refractivity contribution is 6.28. The third-order valence-corrected chi connectivity index (χ3v) is 6.93. The number of nitrogens with zero attached hydrogens (tertiary/aromatic N) is 12. The predicted molar refractivity (Wildman–Crippen MR) is 147 cm³/mol. The van der Waals surface area contributed by atoms with Crippen LogP contribution in [0.15, 0.2) is 61.5 Å². The highest BCUT2D eigenvalue weighted by atomic mass is 35.5. The minimum atomic E-state index is -2.42. The van der Waals surface area contributed by atoms with Gasteiger partial charge < -0.3 is 0 Å². The van der Waals surface area contributed by atoms with Crippen LogP contribution >= 0.6 is 11.6 Å². The van der Waals surface area contributed by atoms with Crippen molar-refractivity contribution >= 4 is 17.2 Å². The Morgan fingerprint density at radius 3 is 1.48 bits per heavy atom. The zero-order valence-corrected chi connectivity index (χ0v) is 23.7. The maximum atomic E-state index is 14.5. The summed E-state index contributed by atoms with van der Waals surface area (Å²) in [7, 11) is 0. The molecule has 0 radical (unpaired) electrons. The van der Waals surface area contributed by atoms with Crippen LogP contribution in [0.3, 0.4) is 0 Å². The Labute approximate surface area is 267 Å². The molecule has 0 unspecified atom stereocenters. The van der Waals surface area contributed by atoms with Gasteiger partial charge >= 0.3 is 0 Å². The standard InChI is InChI=1S/C30H4ClF5N12/c31-30-47-27(11-1-3-16-24(13(11)7-39)44-26(42-16)10(5-37)6-38)46-28(48-30)12-2-4-17-25(14(12)8-40)45-29(43-17)15(9-41)18-19(32)21(34)23(36)22(35)20(18)33/h1-4H/b29-15-. The highest BCUT2D eigenvalue weighted by Crippen LogP contribution is 2.31. The molecule has 6 rings (SSSR count). The van der Waals surface area contributed by atoms with Gasteiger partial charge in [0.15, 0.2) is 52.1 Å². The second kappa shape index (κ2) is 11.6. The number of rotatable bonds is 3. The number of halogens is 6. The van der Waals surface area contributed by atoms with Crippen LogP contribution < -0.4 is 21.4 Å². The Balaban J connectivity index is 1.54. The first kappa shape index (κ1) is 30.8. The summed E-state index contributed by atoms with van der Waals surface area (Å²) in [6.45, 7) is 0. The van der Waals surface area contributed by atoms with Gasteiger partial charge in [-0.3, -0.25) is 0 Å². The van der Waals surface area contributed by atoms with Crippen molar-refractivity contribution in [1.82, 2.24) is 15.0 Å². The van der Waals surface area contributed by atoms with Crippen molar-refractivity contribution in [1.29, 1.82) is 26.3 Å². The molecule has 1 aromatic heterocycles. The minimum absolute atomic E-state index is 0.0307. The first-order chi connectivity index (χ1) is 23.1. The average molecular weight is 663 g/mol. The van der Waals surface area contributed by atoms with Crippen LogP contribution in [0, 0.1) is 85.7 Å². The lowest BCUT2D eigenvalue weighted by Gasteiger charge is -2.07. The SMILES string of the molecule is N#CC(C#N)=C1N=c2ccc(-c3nc(Cl)nc(-c4ccc5c(c4C#N)=N/C(=C(/C#N)c4c(F)c(F)c(F)c(F)c4F)N=5)n3)c(C#N)c2=N1. The molecule has 48 heavy (non-hydrogen) atoms. The molecule has 0 fully saturated rings. The van der Waals surface area contributed by atoms with Crippen LogP contribution in [0.5, 0.6) is 0 Å². The largest absolute Gasteiger partial charge is 0.226 e. The van der Waals surface area contributed by atoms with Crippen LogP contribution in [0.4, 0.5) is 22.0 Å². The zero-order valence-electron chi connectivity index (χ0n) is 22.9. The number of nitriles is 5. The summed E-state index contributed by atoms with van der Waals surface area (Å²) in [6.07, 6.45) is 0. The maximum absolute atomic E-state index is 14.5. The molecule has 3 aromatic carbocycles. The molecule has 0 N–H and O–H groups in total. The van der Waals surface area contributed by atoms with E-state index in [9.17, 15) is 48.3 Å². The summed E-state index contributed by atoms with van der Waals surface area (Å²) in [5.41, 5.74) is -3.36. The van der Waals surface area contributed by atoms with Gasteiger partial charge in [-0.05, 0) is 35.9 Å². The normalized spacial score (nSPS) is 13.1. The summed E-state index contributed by atoms with van der Waals surface area (Å²) < 4.78 is 70.5. The first-order valence-electron chi connectivity index (χ1n) is 12.7. The summed E-state index contributed by atoms with van der Waals surface area (Å²) in [5, 5.41) is 47.5. The smallest absolute Gasteiger partial charge is 0.226 e. The van der Waals surface area contributed by atoms with Crippen molar-refractivity contribution in [2.24, 2.45) is 20.0 Å². The lowest BCUT2D eigenvalue weighted by atomic mass is 10.0. The van der Waals surface area contributed by atoms with Crippen molar-refractivity contribution in [3.8, 4) is 53.1 Å². The third-order valence-electron chi connectivity index (χ3n) is 6.76. The lowest BCUT2D eigenvalue weighted by Crippen LogP contribution is -2.26. The van der Waals surface area contributed by atoms with E-state index in [0.717, 1.165) is 0 Å². The van der Waals surface area contributed by atoms with Crippen molar-refractivity contribution < 1.29 is 22.0 Å². The molecule has 18 heteroatoms. The van der Waals surface area contributed by atoms with E-state index in [1.807, 2.05) is 12.1 Å². The van der Waals surface area contributed by atoms with Crippen LogP contribution in [0.2, 0.25) is 5.28 Å². The minimum Gasteiger partial charge on any atom is -0.226 e. The van der Waals surface area contributed by atoms with Gasteiger partial charge in [-0.2, -0.15) is 36.3 Å². The summed E-state index contributed by atoms with van der Waals surface area (Å²) in [6, 6.07) is 13.9. The van der Waals surface area contributed by atoms with Gasteiger partial charge in [0.2, 0.25) is 11.1 Å². The Hall–Kier alpha value is -7.26. The Morgan fingerprint density at radius 2 is 1.02 bits per heavy atom. The molecule has 0 aliphatic carbocycles. The third kappa shape index (κ3) is 4.67. The molecule has 2 aliphatic rings. The molecule has 2 aliphatic heterocycles. The number of benzene rings is 3. The van der Waals surface area contributed by atoms with Gasteiger partial charge in [0.05, 0.1) is 27.4 Å². The Morgan fingerprint density at radius 1 is 0.562 bits per heavy atom. The molecule has 0 saturated carbocycles. The molecule has 3 heterocycles. The van der Waals surface area contributed by atoms with E-state index in [0.29, 0.717) is 0 Å². The Bertz CT molecular complexity index is 2710. The second-order valence-electron chi connectivity index (χ2n) is 9.31. The summed E-state index contributed by atoms with van der Waals surface area (Å²) >= 11 is 6.20. The topological polar surface area (TPSA) is 207 Å². The molecule has 0 atom stereocenters. The van der Waals surface area contributed by atoms with Crippen molar-refractivity contribution in [3.63, 3.8) is 0 Å². The summed E-state index contributed by atoms with van der Waals surface area (Å²) in [5.74, 6) is -12.9. The molecule has 0 bridgehead atoms. The van der Waals surface area contributed by atoms with Crippen LogP contribution in [0.25, 0.3) is 28.3 Å². The van der Waals surface area contributed by atoms with E-state index >= 15 is 0 Å². The second-order valence-corrected chi connectivity index (χ2v) is 9.65. The van der Waals surface area contributed by atoms with Crippen LogP contribution in [0.1, 0.15) is 16.7 Å². The number of fused-ring (bicyclic) bond motifs is 2. The van der Waals surface area contributed by atoms with Gasteiger partial charge in [-0.25, -0.2) is 46.9 Å². The molecule has 0 saturated heterocycles. The first-order valence-corrected chi connectivity index (χ1v) is 13.1. The van der Waals surface area contributed by atoms with Crippen molar-refractivity contribution in [2.45, 2.75) is 0 Å². The predicted octanol–water partition coefficient (Wildman–Crippen LogP) is 2.95. The number of allylic oxidation sites excluding steroid dienone is 2. The fourth-order valence-corrected chi connectivity index (χ4v) is 4.80. The Kier molecular flexibility index (Phi) is 7.42. The molecule has 0 spiro atoms. The molecule has 0 amide bonds. The van der Waals surface area contributed by atoms with Crippen molar-refractivity contribution in [2.75, 3.05) is 0 Å². The molecular formula is C30H4ClF5N12.